The second-order valence-corrected chi connectivity index (χ2v) is 7.58. The first-order chi connectivity index (χ1) is 12.5. The number of hydrogen-bond acceptors (Lipinski definition) is 4. The summed E-state index contributed by atoms with van der Waals surface area (Å²) < 4.78 is 0. The molecule has 2 heterocycles. The van der Waals surface area contributed by atoms with Crippen molar-refractivity contribution in [3.8, 4) is 0 Å². The van der Waals surface area contributed by atoms with Gasteiger partial charge in [-0.25, -0.2) is 0 Å². The number of halogens is 1. The van der Waals surface area contributed by atoms with Crippen molar-refractivity contribution in [1.82, 2.24) is 4.90 Å². The molecule has 2 aliphatic rings. The number of hydrogen-bond donors (Lipinski definition) is 1. The summed E-state index contributed by atoms with van der Waals surface area (Å²) in [6.07, 6.45) is 3.41. The first kappa shape index (κ1) is 18.9. The Hall–Kier alpha value is -1.86. The number of benzene rings is 1. The van der Waals surface area contributed by atoms with Gasteiger partial charge in [0.2, 0.25) is 0 Å². The summed E-state index contributed by atoms with van der Waals surface area (Å²) in [6, 6.07) is 4.74. The number of nitrogens with zero attached hydrogens (tertiary/aromatic N) is 3. The SMILES string of the molecule is C[C@H](C(=O)N1CCCCC1)[NH+]1CCN(c2ccc(Cl)cc2[N+](=O)[O-])CC1. The number of nitrogens with one attached hydrogen (secondary N) is 1. The summed E-state index contributed by atoms with van der Waals surface area (Å²) in [5.41, 5.74) is 0.645. The number of piperidine rings is 1. The van der Waals surface area contributed by atoms with E-state index in [1.54, 1.807) is 12.1 Å². The Balaban J connectivity index is 1.62. The van der Waals surface area contributed by atoms with Gasteiger partial charge in [0.1, 0.15) is 5.69 Å². The summed E-state index contributed by atoms with van der Waals surface area (Å²) in [4.78, 5) is 28.9. The molecule has 2 aliphatic heterocycles. The van der Waals surface area contributed by atoms with Gasteiger partial charge in [-0.1, -0.05) is 11.6 Å². The normalized spacial score (nSPS) is 20.1. The Bertz CT molecular complexity index is 670. The third-order valence-corrected chi connectivity index (χ3v) is 5.77. The van der Waals surface area contributed by atoms with Crippen LogP contribution in [-0.2, 0) is 4.79 Å². The minimum atomic E-state index is -0.386. The second-order valence-electron chi connectivity index (χ2n) is 7.14. The van der Waals surface area contributed by atoms with Gasteiger partial charge in [0.25, 0.3) is 11.6 Å². The van der Waals surface area contributed by atoms with E-state index in [1.165, 1.54) is 17.4 Å². The molecule has 8 heteroatoms. The average molecular weight is 382 g/mol. The number of nitro benzene ring substituents is 1. The number of nitro groups is 1. The van der Waals surface area contributed by atoms with Gasteiger partial charge in [0.15, 0.2) is 6.04 Å². The summed E-state index contributed by atoms with van der Waals surface area (Å²) >= 11 is 5.90. The van der Waals surface area contributed by atoms with E-state index in [1.807, 2.05) is 16.7 Å². The van der Waals surface area contributed by atoms with Gasteiger partial charge in [-0.2, -0.15) is 0 Å². The van der Waals surface area contributed by atoms with E-state index in [9.17, 15) is 14.9 Å². The number of carbonyl (C=O) groups excluding carboxylic acids is 1. The molecule has 3 rings (SSSR count). The van der Waals surface area contributed by atoms with Gasteiger partial charge in [0.05, 0.1) is 31.1 Å². The van der Waals surface area contributed by atoms with Crippen LogP contribution in [0.1, 0.15) is 26.2 Å². The van der Waals surface area contributed by atoms with E-state index in [4.69, 9.17) is 11.6 Å². The van der Waals surface area contributed by atoms with Crippen molar-refractivity contribution in [1.29, 1.82) is 0 Å². The molecular formula is C18H26ClN4O3+. The van der Waals surface area contributed by atoms with Gasteiger partial charge in [0, 0.05) is 24.2 Å². The van der Waals surface area contributed by atoms with Crippen LogP contribution in [0.15, 0.2) is 18.2 Å². The molecule has 7 nitrogen and oxygen atoms in total. The number of piperazine rings is 1. The summed E-state index contributed by atoms with van der Waals surface area (Å²) in [5.74, 6) is 0.241. The molecule has 1 atom stereocenters. The van der Waals surface area contributed by atoms with Crippen molar-refractivity contribution in [2.75, 3.05) is 44.2 Å². The monoisotopic (exact) mass is 381 g/mol. The van der Waals surface area contributed by atoms with Crippen molar-refractivity contribution in [2.24, 2.45) is 0 Å². The topological polar surface area (TPSA) is 71.1 Å². The van der Waals surface area contributed by atoms with Gasteiger partial charge in [-0.05, 0) is 38.3 Å². The van der Waals surface area contributed by atoms with Crippen LogP contribution in [0.25, 0.3) is 0 Å². The van der Waals surface area contributed by atoms with Gasteiger partial charge >= 0.3 is 0 Å². The zero-order valence-electron chi connectivity index (χ0n) is 15.1. The number of carbonyl (C=O) groups is 1. The fourth-order valence-corrected chi connectivity index (χ4v) is 4.11. The van der Waals surface area contributed by atoms with E-state index < -0.39 is 0 Å². The molecule has 2 fully saturated rings. The summed E-state index contributed by atoms with van der Waals surface area (Å²) in [6.45, 7) is 6.72. The molecule has 0 unspecified atom stereocenters. The van der Waals surface area contributed by atoms with Crippen LogP contribution in [0.4, 0.5) is 11.4 Å². The van der Waals surface area contributed by atoms with Crippen molar-refractivity contribution in [3.63, 3.8) is 0 Å². The molecule has 0 bridgehead atoms. The maximum Gasteiger partial charge on any atom is 0.294 e. The zero-order chi connectivity index (χ0) is 18.7. The molecule has 0 aromatic heterocycles. The van der Waals surface area contributed by atoms with E-state index in [-0.39, 0.29) is 22.6 Å². The highest BCUT2D eigenvalue weighted by Crippen LogP contribution is 2.30. The molecule has 0 spiro atoms. The minimum Gasteiger partial charge on any atom is -0.355 e. The molecule has 1 aromatic rings. The lowest BCUT2D eigenvalue weighted by Crippen LogP contribution is -3.19. The minimum absolute atomic E-state index is 0.0402. The number of amides is 1. The molecule has 0 saturated carbocycles. The molecule has 142 valence electrons. The molecule has 2 saturated heterocycles. The van der Waals surface area contributed by atoms with Crippen LogP contribution in [-0.4, -0.2) is 61.0 Å². The van der Waals surface area contributed by atoms with Gasteiger partial charge in [-0.15, -0.1) is 0 Å². The Morgan fingerprint density at radius 2 is 1.85 bits per heavy atom. The molecule has 26 heavy (non-hydrogen) atoms. The Labute approximate surface area is 158 Å². The predicted octanol–water partition coefficient (Wildman–Crippen LogP) is 1.35. The van der Waals surface area contributed by atoms with Crippen LogP contribution < -0.4 is 9.80 Å². The summed E-state index contributed by atoms with van der Waals surface area (Å²) in [5, 5.41) is 11.7. The predicted molar refractivity (Wildman–Crippen MR) is 101 cm³/mol. The van der Waals surface area contributed by atoms with Crippen LogP contribution in [0.2, 0.25) is 5.02 Å². The fraction of sp³-hybridized carbons (Fsp3) is 0.611. The highest BCUT2D eigenvalue weighted by molar-refractivity contribution is 6.30. The third kappa shape index (κ3) is 4.10. The average Bonchev–Trinajstić information content (AvgIpc) is 2.67. The molecule has 1 aromatic carbocycles. The maximum atomic E-state index is 12.7. The second kappa shape index (κ2) is 8.22. The van der Waals surface area contributed by atoms with Crippen LogP contribution in [0, 0.1) is 10.1 Å². The lowest BCUT2D eigenvalue weighted by molar-refractivity contribution is -0.915. The standard InChI is InChI=1S/C18H25ClN4O3/c1-14(18(24)22-7-3-2-4-8-22)20-9-11-21(12-10-20)16-6-5-15(19)13-17(16)23(25)26/h5-6,13-14H,2-4,7-12H2,1H3/p+1/t14-/m1/s1. The van der Waals surface area contributed by atoms with Crippen molar-refractivity contribution in [3.05, 3.63) is 33.3 Å². The quantitative estimate of drug-likeness (QED) is 0.631. The van der Waals surface area contributed by atoms with Gasteiger partial charge in [-0.3, -0.25) is 14.9 Å². The third-order valence-electron chi connectivity index (χ3n) is 5.53. The smallest absolute Gasteiger partial charge is 0.294 e. The number of anilines is 1. The molecule has 0 aliphatic carbocycles. The largest absolute Gasteiger partial charge is 0.355 e. The first-order valence-electron chi connectivity index (χ1n) is 9.29. The Morgan fingerprint density at radius 1 is 1.19 bits per heavy atom. The van der Waals surface area contributed by atoms with Gasteiger partial charge < -0.3 is 14.7 Å². The number of quaternary nitrogens is 1. The lowest BCUT2D eigenvalue weighted by Gasteiger charge is -2.37. The number of rotatable bonds is 4. The molecular weight excluding hydrogens is 356 g/mol. The van der Waals surface area contributed by atoms with Crippen LogP contribution in [0.5, 0.6) is 0 Å². The van der Waals surface area contributed by atoms with Crippen molar-refractivity contribution < 1.29 is 14.6 Å². The summed E-state index contributed by atoms with van der Waals surface area (Å²) in [7, 11) is 0. The Morgan fingerprint density at radius 3 is 2.46 bits per heavy atom. The first-order valence-corrected chi connectivity index (χ1v) is 9.67. The number of likely N-dealkylation sites (tertiary alicyclic amines) is 1. The molecule has 1 amide bonds. The van der Waals surface area contributed by atoms with E-state index in [0.29, 0.717) is 23.8 Å². The highest BCUT2D eigenvalue weighted by Gasteiger charge is 2.33. The van der Waals surface area contributed by atoms with E-state index in [2.05, 4.69) is 0 Å². The Kier molecular flexibility index (Phi) is 5.98. The molecule has 1 N–H and O–H groups in total. The van der Waals surface area contributed by atoms with Crippen LogP contribution in [0.3, 0.4) is 0 Å². The zero-order valence-corrected chi connectivity index (χ0v) is 15.9. The van der Waals surface area contributed by atoms with Crippen LogP contribution >= 0.6 is 11.6 Å². The fourth-order valence-electron chi connectivity index (χ4n) is 3.94. The lowest BCUT2D eigenvalue weighted by atomic mass is 10.1. The maximum absolute atomic E-state index is 12.7. The van der Waals surface area contributed by atoms with Crippen molar-refractivity contribution >= 4 is 28.9 Å². The van der Waals surface area contributed by atoms with E-state index >= 15 is 0 Å². The van der Waals surface area contributed by atoms with Crippen molar-refractivity contribution in [2.45, 2.75) is 32.2 Å². The van der Waals surface area contributed by atoms with E-state index in [0.717, 1.165) is 39.0 Å². The molecule has 0 radical (unpaired) electrons. The highest BCUT2D eigenvalue weighted by atomic mass is 35.5.